The van der Waals surface area contributed by atoms with E-state index in [4.69, 9.17) is 0 Å². The molecule has 0 radical (unpaired) electrons. The number of hydrogen-bond acceptors (Lipinski definition) is 3. The molecular formula is C26H20N2S. The SMILES string of the molecule is Cc1ccc(-c2ccc(C)c3nsnc23)c(-c2ccccc2)c1-c1ccccc1. The predicted octanol–water partition coefficient (Wildman–Crippen LogP) is 7.31. The molecule has 3 heteroatoms. The lowest BCUT2D eigenvalue weighted by Gasteiger charge is -2.19. The van der Waals surface area contributed by atoms with Gasteiger partial charge in [0.1, 0.15) is 11.0 Å². The summed E-state index contributed by atoms with van der Waals surface area (Å²) >= 11 is 1.28. The Balaban J connectivity index is 1.90. The second kappa shape index (κ2) is 7.26. The molecule has 5 rings (SSSR count). The van der Waals surface area contributed by atoms with Crippen LogP contribution in [0, 0.1) is 13.8 Å². The van der Waals surface area contributed by atoms with Crippen molar-refractivity contribution in [2.24, 2.45) is 0 Å². The highest BCUT2D eigenvalue weighted by atomic mass is 32.1. The van der Waals surface area contributed by atoms with Crippen molar-refractivity contribution in [2.45, 2.75) is 13.8 Å². The molecule has 0 saturated heterocycles. The number of aryl methyl sites for hydroxylation is 2. The second-order valence-electron chi connectivity index (χ2n) is 7.30. The summed E-state index contributed by atoms with van der Waals surface area (Å²) < 4.78 is 9.18. The number of benzene rings is 4. The van der Waals surface area contributed by atoms with Crippen LogP contribution in [0.4, 0.5) is 0 Å². The van der Waals surface area contributed by atoms with Gasteiger partial charge in [-0.25, -0.2) is 0 Å². The molecule has 0 saturated carbocycles. The molecule has 0 N–H and O–H groups in total. The highest BCUT2D eigenvalue weighted by Gasteiger charge is 2.19. The van der Waals surface area contributed by atoms with E-state index in [-0.39, 0.29) is 0 Å². The van der Waals surface area contributed by atoms with E-state index in [9.17, 15) is 0 Å². The lowest BCUT2D eigenvalue weighted by atomic mass is 9.84. The normalized spacial score (nSPS) is 11.1. The van der Waals surface area contributed by atoms with Crippen LogP contribution in [0.25, 0.3) is 44.4 Å². The minimum Gasteiger partial charge on any atom is -0.173 e. The van der Waals surface area contributed by atoms with Crippen molar-refractivity contribution in [1.29, 1.82) is 0 Å². The fourth-order valence-corrected chi connectivity index (χ4v) is 4.64. The summed E-state index contributed by atoms with van der Waals surface area (Å²) in [5.41, 5.74) is 11.7. The van der Waals surface area contributed by atoms with E-state index in [1.54, 1.807) is 0 Å². The molecule has 0 aliphatic carbocycles. The summed E-state index contributed by atoms with van der Waals surface area (Å²) in [6.07, 6.45) is 0. The van der Waals surface area contributed by atoms with Gasteiger partial charge in [-0.2, -0.15) is 8.75 Å². The third kappa shape index (κ3) is 3.04. The zero-order chi connectivity index (χ0) is 19.8. The van der Waals surface area contributed by atoms with Crippen LogP contribution in [0.5, 0.6) is 0 Å². The van der Waals surface area contributed by atoms with E-state index in [0.29, 0.717) is 0 Å². The average Bonchev–Trinajstić information content (AvgIpc) is 3.26. The molecule has 4 aromatic carbocycles. The molecule has 0 unspecified atom stereocenters. The Morgan fingerprint density at radius 3 is 1.76 bits per heavy atom. The van der Waals surface area contributed by atoms with E-state index in [1.807, 2.05) is 0 Å². The highest BCUT2D eigenvalue weighted by Crippen LogP contribution is 2.43. The lowest BCUT2D eigenvalue weighted by molar-refractivity contribution is 1.44. The van der Waals surface area contributed by atoms with Crippen LogP contribution in [-0.4, -0.2) is 8.75 Å². The average molecular weight is 393 g/mol. The Morgan fingerprint density at radius 2 is 1.07 bits per heavy atom. The quantitative estimate of drug-likeness (QED) is 0.322. The first-order valence-corrected chi connectivity index (χ1v) is 10.4. The minimum atomic E-state index is 0.982. The molecule has 0 aliphatic rings. The van der Waals surface area contributed by atoms with Crippen LogP contribution in [0.2, 0.25) is 0 Å². The molecule has 1 aromatic heterocycles. The van der Waals surface area contributed by atoms with Gasteiger partial charge >= 0.3 is 0 Å². The number of hydrogen-bond donors (Lipinski definition) is 0. The third-order valence-electron chi connectivity index (χ3n) is 5.45. The fourth-order valence-electron chi connectivity index (χ4n) is 4.02. The summed E-state index contributed by atoms with van der Waals surface area (Å²) in [7, 11) is 0. The highest BCUT2D eigenvalue weighted by molar-refractivity contribution is 7.00. The fraction of sp³-hybridized carbons (Fsp3) is 0.0769. The first-order chi connectivity index (χ1) is 14.2. The minimum absolute atomic E-state index is 0.982. The van der Waals surface area contributed by atoms with E-state index in [0.717, 1.165) is 22.2 Å². The summed E-state index contributed by atoms with van der Waals surface area (Å²) in [6.45, 7) is 4.28. The molecule has 0 atom stereocenters. The molecule has 0 spiro atoms. The topological polar surface area (TPSA) is 25.8 Å². The Hall–Kier alpha value is -3.30. The van der Waals surface area contributed by atoms with Crippen molar-refractivity contribution < 1.29 is 0 Å². The summed E-state index contributed by atoms with van der Waals surface area (Å²) in [5, 5.41) is 0. The zero-order valence-electron chi connectivity index (χ0n) is 16.4. The molecule has 5 aromatic rings. The number of fused-ring (bicyclic) bond motifs is 1. The van der Waals surface area contributed by atoms with Crippen LogP contribution < -0.4 is 0 Å². The Kier molecular flexibility index (Phi) is 4.45. The molecule has 0 fully saturated rings. The monoisotopic (exact) mass is 392 g/mol. The van der Waals surface area contributed by atoms with Gasteiger partial charge in [0.15, 0.2) is 0 Å². The molecule has 0 amide bonds. The molecule has 0 aliphatic heterocycles. The van der Waals surface area contributed by atoms with Crippen molar-refractivity contribution in [3.05, 3.63) is 96.1 Å². The van der Waals surface area contributed by atoms with Crippen molar-refractivity contribution in [3.8, 4) is 33.4 Å². The molecular weight excluding hydrogens is 372 g/mol. The predicted molar refractivity (Wildman–Crippen MR) is 123 cm³/mol. The molecule has 2 nitrogen and oxygen atoms in total. The van der Waals surface area contributed by atoms with Gasteiger partial charge in [0, 0.05) is 5.56 Å². The van der Waals surface area contributed by atoms with Crippen LogP contribution in [0.15, 0.2) is 84.9 Å². The van der Waals surface area contributed by atoms with Gasteiger partial charge in [-0.15, -0.1) is 0 Å². The van der Waals surface area contributed by atoms with Crippen LogP contribution in [0.1, 0.15) is 11.1 Å². The zero-order valence-corrected chi connectivity index (χ0v) is 17.2. The van der Waals surface area contributed by atoms with Gasteiger partial charge in [0.2, 0.25) is 0 Å². The first-order valence-electron chi connectivity index (χ1n) is 9.71. The largest absolute Gasteiger partial charge is 0.173 e. The van der Waals surface area contributed by atoms with Crippen LogP contribution in [0.3, 0.4) is 0 Å². The van der Waals surface area contributed by atoms with Gasteiger partial charge in [-0.1, -0.05) is 84.9 Å². The number of aromatic nitrogens is 2. The van der Waals surface area contributed by atoms with Crippen molar-refractivity contribution in [1.82, 2.24) is 8.75 Å². The maximum atomic E-state index is 4.65. The van der Waals surface area contributed by atoms with Gasteiger partial charge in [0.25, 0.3) is 0 Å². The summed E-state index contributed by atoms with van der Waals surface area (Å²) in [4.78, 5) is 0. The van der Waals surface area contributed by atoms with E-state index in [1.165, 1.54) is 45.1 Å². The number of rotatable bonds is 3. The maximum Gasteiger partial charge on any atom is 0.112 e. The van der Waals surface area contributed by atoms with Gasteiger partial charge in [0.05, 0.1) is 11.7 Å². The second-order valence-corrected chi connectivity index (χ2v) is 7.83. The van der Waals surface area contributed by atoms with Crippen molar-refractivity contribution in [3.63, 3.8) is 0 Å². The first kappa shape index (κ1) is 17.8. The van der Waals surface area contributed by atoms with Crippen LogP contribution in [-0.2, 0) is 0 Å². The van der Waals surface area contributed by atoms with E-state index >= 15 is 0 Å². The van der Waals surface area contributed by atoms with Crippen molar-refractivity contribution in [2.75, 3.05) is 0 Å². The number of nitrogens with zero attached hydrogens (tertiary/aromatic N) is 2. The molecule has 29 heavy (non-hydrogen) atoms. The molecule has 1 heterocycles. The molecule has 0 bridgehead atoms. The smallest absolute Gasteiger partial charge is 0.112 e. The van der Waals surface area contributed by atoms with Gasteiger partial charge in [-0.05, 0) is 52.8 Å². The Labute approximate surface area is 174 Å². The van der Waals surface area contributed by atoms with Crippen molar-refractivity contribution >= 4 is 22.8 Å². The Bertz CT molecular complexity index is 1310. The standard InChI is InChI=1S/C26H20N2S/c1-17-13-15-21(22-16-14-18(2)25-26(22)28-29-27-25)24(20-11-7-4-8-12-20)23(17)19-9-5-3-6-10-19/h3-16H,1-2H3. The van der Waals surface area contributed by atoms with Gasteiger partial charge in [-0.3, -0.25) is 0 Å². The summed E-state index contributed by atoms with van der Waals surface area (Å²) in [6, 6.07) is 30.1. The van der Waals surface area contributed by atoms with Gasteiger partial charge < -0.3 is 0 Å². The third-order valence-corrected chi connectivity index (χ3v) is 5.97. The van der Waals surface area contributed by atoms with E-state index < -0.39 is 0 Å². The molecule has 140 valence electrons. The van der Waals surface area contributed by atoms with Crippen LogP contribution >= 0.6 is 11.7 Å². The maximum absolute atomic E-state index is 4.65. The lowest BCUT2D eigenvalue weighted by Crippen LogP contribution is -1.94. The van der Waals surface area contributed by atoms with E-state index in [2.05, 4.69) is 108 Å². The summed E-state index contributed by atoms with van der Waals surface area (Å²) in [5.74, 6) is 0. The Morgan fingerprint density at radius 1 is 0.517 bits per heavy atom.